The van der Waals surface area contributed by atoms with Crippen LogP contribution in [0.3, 0.4) is 0 Å². The number of hydrogen-bond donors (Lipinski definition) is 2. The lowest BCUT2D eigenvalue weighted by Crippen LogP contribution is -2.02. The van der Waals surface area contributed by atoms with Crippen LogP contribution in [0.25, 0.3) is 0 Å². The van der Waals surface area contributed by atoms with Gasteiger partial charge in [-0.15, -0.1) is 0 Å². The Morgan fingerprint density at radius 2 is 1.57 bits per heavy atom. The molecular weight excluding hydrogens is 266 g/mol. The summed E-state index contributed by atoms with van der Waals surface area (Å²) in [4.78, 5) is 0. The van der Waals surface area contributed by atoms with Crippen molar-refractivity contribution in [2.75, 3.05) is 18.5 Å². The molecule has 4 nitrogen and oxygen atoms in total. The maximum absolute atomic E-state index is 9.27. The predicted molar refractivity (Wildman–Crippen MR) is 84.2 cm³/mol. The van der Waals surface area contributed by atoms with Crippen LogP contribution in [0.15, 0.2) is 42.5 Å². The van der Waals surface area contributed by atoms with E-state index in [1.54, 1.807) is 12.1 Å². The van der Waals surface area contributed by atoms with E-state index >= 15 is 0 Å². The van der Waals surface area contributed by atoms with Gasteiger partial charge in [0.25, 0.3) is 0 Å². The van der Waals surface area contributed by atoms with Crippen LogP contribution in [-0.2, 0) is 6.54 Å². The van der Waals surface area contributed by atoms with Crippen molar-refractivity contribution >= 4 is 5.69 Å². The predicted octanol–water partition coefficient (Wildman–Crippen LogP) is 3.80. The molecule has 0 aliphatic heterocycles. The van der Waals surface area contributed by atoms with Gasteiger partial charge in [-0.2, -0.15) is 0 Å². The number of rotatable bonds is 7. The summed E-state index contributed by atoms with van der Waals surface area (Å²) in [5.41, 5.74) is 2.06. The van der Waals surface area contributed by atoms with E-state index in [0.29, 0.717) is 19.8 Å². The Morgan fingerprint density at radius 3 is 2.24 bits per heavy atom. The number of phenolic OH excluding ortho intramolecular Hbond substituents is 1. The first-order valence-corrected chi connectivity index (χ1v) is 7.14. The molecule has 2 aromatic rings. The largest absolute Gasteiger partial charge is 0.508 e. The monoisotopic (exact) mass is 287 g/mol. The molecule has 4 heteroatoms. The van der Waals surface area contributed by atoms with Crippen LogP contribution in [0.2, 0.25) is 0 Å². The van der Waals surface area contributed by atoms with Crippen molar-refractivity contribution in [2.24, 2.45) is 0 Å². The van der Waals surface area contributed by atoms with Gasteiger partial charge in [-0.05, 0) is 43.7 Å². The van der Waals surface area contributed by atoms with Gasteiger partial charge < -0.3 is 19.9 Å². The Hall–Kier alpha value is -2.36. The first-order chi connectivity index (χ1) is 10.2. The topological polar surface area (TPSA) is 50.7 Å². The molecule has 2 aromatic carbocycles. The highest BCUT2D eigenvalue weighted by atomic mass is 16.5. The van der Waals surface area contributed by atoms with E-state index in [1.807, 2.05) is 44.2 Å². The van der Waals surface area contributed by atoms with Gasteiger partial charge in [0.2, 0.25) is 0 Å². The number of benzene rings is 2. The van der Waals surface area contributed by atoms with Crippen LogP contribution >= 0.6 is 0 Å². The fourth-order valence-electron chi connectivity index (χ4n) is 1.98. The second kappa shape index (κ2) is 7.43. The summed E-state index contributed by atoms with van der Waals surface area (Å²) in [5.74, 6) is 1.78. The molecule has 0 atom stereocenters. The third-order valence-corrected chi connectivity index (χ3v) is 2.98. The van der Waals surface area contributed by atoms with Gasteiger partial charge in [0.05, 0.1) is 13.2 Å². The van der Waals surface area contributed by atoms with Gasteiger partial charge in [0.15, 0.2) is 11.5 Å². The van der Waals surface area contributed by atoms with Crippen LogP contribution in [0.4, 0.5) is 5.69 Å². The summed E-state index contributed by atoms with van der Waals surface area (Å²) in [5, 5.41) is 12.6. The van der Waals surface area contributed by atoms with Crippen LogP contribution in [0.5, 0.6) is 17.2 Å². The quantitative estimate of drug-likeness (QED) is 0.813. The molecule has 2 rings (SSSR count). The highest BCUT2D eigenvalue weighted by molar-refractivity contribution is 5.55. The Morgan fingerprint density at radius 1 is 0.905 bits per heavy atom. The van der Waals surface area contributed by atoms with E-state index in [9.17, 15) is 5.11 Å². The molecule has 0 saturated carbocycles. The first-order valence-electron chi connectivity index (χ1n) is 7.14. The molecule has 0 aliphatic carbocycles. The molecule has 112 valence electrons. The second-order valence-electron chi connectivity index (χ2n) is 4.55. The molecule has 2 N–H and O–H groups in total. The lowest BCUT2D eigenvalue weighted by Gasteiger charge is -2.13. The molecule has 0 aliphatic rings. The maximum Gasteiger partial charge on any atom is 0.163 e. The molecule has 0 amide bonds. The van der Waals surface area contributed by atoms with Crippen molar-refractivity contribution in [1.29, 1.82) is 0 Å². The van der Waals surface area contributed by atoms with Crippen LogP contribution in [0.1, 0.15) is 19.4 Å². The summed E-state index contributed by atoms with van der Waals surface area (Å²) in [6.45, 7) is 5.79. The molecule has 0 unspecified atom stereocenters. The highest BCUT2D eigenvalue weighted by Crippen LogP contribution is 2.30. The number of aromatic hydroxyl groups is 1. The van der Waals surface area contributed by atoms with Gasteiger partial charge in [-0.3, -0.25) is 0 Å². The SMILES string of the molecule is CCOc1ccc(NCc2ccc(O)cc2)cc1OCC. The minimum absolute atomic E-state index is 0.276. The Labute approximate surface area is 125 Å². The average Bonchev–Trinajstić information content (AvgIpc) is 2.49. The average molecular weight is 287 g/mol. The Bertz CT molecular complexity index is 567. The van der Waals surface area contributed by atoms with E-state index in [0.717, 1.165) is 22.7 Å². The lowest BCUT2D eigenvalue weighted by molar-refractivity contribution is 0.288. The fraction of sp³-hybridized carbons (Fsp3) is 0.294. The van der Waals surface area contributed by atoms with Crippen molar-refractivity contribution < 1.29 is 14.6 Å². The number of phenols is 1. The van der Waals surface area contributed by atoms with Crippen molar-refractivity contribution in [2.45, 2.75) is 20.4 Å². The first kappa shape index (κ1) is 15.0. The standard InChI is InChI=1S/C17H21NO3/c1-3-20-16-10-7-14(11-17(16)21-4-2)18-12-13-5-8-15(19)9-6-13/h5-11,18-19H,3-4,12H2,1-2H3. The number of ether oxygens (including phenoxy) is 2. The van der Waals surface area contributed by atoms with Crippen molar-refractivity contribution in [3.05, 3.63) is 48.0 Å². The zero-order valence-electron chi connectivity index (χ0n) is 12.4. The number of hydrogen-bond acceptors (Lipinski definition) is 4. The molecule has 0 fully saturated rings. The lowest BCUT2D eigenvalue weighted by atomic mass is 10.2. The molecule has 0 radical (unpaired) electrons. The normalized spacial score (nSPS) is 10.2. The van der Waals surface area contributed by atoms with E-state index in [-0.39, 0.29) is 5.75 Å². The molecule has 0 aromatic heterocycles. The van der Waals surface area contributed by atoms with Gasteiger partial charge in [0.1, 0.15) is 5.75 Å². The summed E-state index contributed by atoms with van der Waals surface area (Å²) in [6.07, 6.45) is 0. The van der Waals surface area contributed by atoms with E-state index < -0.39 is 0 Å². The van der Waals surface area contributed by atoms with Gasteiger partial charge in [-0.1, -0.05) is 12.1 Å². The number of anilines is 1. The van der Waals surface area contributed by atoms with Crippen LogP contribution in [-0.4, -0.2) is 18.3 Å². The molecule has 0 bridgehead atoms. The maximum atomic E-state index is 9.27. The Balaban J connectivity index is 2.05. The molecule has 21 heavy (non-hydrogen) atoms. The van der Waals surface area contributed by atoms with Crippen molar-refractivity contribution in [3.8, 4) is 17.2 Å². The molecule has 0 heterocycles. The molecular formula is C17H21NO3. The molecule has 0 saturated heterocycles. The minimum Gasteiger partial charge on any atom is -0.508 e. The van der Waals surface area contributed by atoms with Gasteiger partial charge in [0, 0.05) is 18.3 Å². The minimum atomic E-state index is 0.276. The third kappa shape index (κ3) is 4.31. The Kier molecular flexibility index (Phi) is 5.32. The smallest absolute Gasteiger partial charge is 0.163 e. The van der Waals surface area contributed by atoms with E-state index in [4.69, 9.17) is 9.47 Å². The summed E-state index contributed by atoms with van der Waals surface area (Å²) in [6, 6.07) is 13.0. The van der Waals surface area contributed by atoms with E-state index in [1.165, 1.54) is 0 Å². The summed E-state index contributed by atoms with van der Waals surface area (Å²) >= 11 is 0. The summed E-state index contributed by atoms with van der Waals surface area (Å²) in [7, 11) is 0. The van der Waals surface area contributed by atoms with Gasteiger partial charge >= 0.3 is 0 Å². The third-order valence-electron chi connectivity index (χ3n) is 2.98. The van der Waals surface area contributed by atoms with Crippen molar-refractivity contribution in [1.82, 2.24) is 0 Å². The van der Waals surface area contributed by atoms with Gasteiger partial charge in [-0.25, -0.2) is 0 Å². The highest BCUT2D eigenvalue weighted by Gasteiger charge is 2.06. The molecule has 0 spiro atoms. The van der Waals surface area contributed by atoms with Crippen molar-refractivity contribution in [3.63, 3.8) is 0 Å². The van der Waals surface area contributed by atoms with E-state index in [2.05, 4.69) is 5.32 Å². The summed E-state index contributed by atoms with van der Waals surface area (Å²) < 4.78 is 11.1. The van der Waals surface area contributed by atoms with Crippen LogP contribution in [0, 0.1) is 0 Å². The van der Waals surface area contributed by atoms with Crippen LogP contribution < -0.4 is 14.8 Å². The zero-order chi connectivity index (χ0) is 15.1. The fourth-order valence-corrected chi connectivity index (χ4v) is 1.98. The number of nitrogens with one attached hydrogen (secondary N) is 1. The second-order valence-corrected chi connectivity index (χ2v) is 4.55. The zero-order valence-corrected chi connectivity index (χ0v) is 12.4.